The van der Waals surface area contributed by atoms with Gasteiger partial charge in [-0.25, -0.2) is 9.59 Å². The maximum absolute atomic E-state index is 11.6. The van der Waals surface area contributed by atoms with Gasteiger partial charge in [-0.15, -0.1) is 0 Å². The molecule has 3 amide bonds. The molecule has 0 radical (unpaired) electrons. The Morgan fingerprint density at radius 3 is 2.38 bits per heavy atom. The highest BCUT2D eigenvalue weighted by Gasteiger charge is 2.20. The van der Waals surface area contributed by atoms with Crippen molar-refractivity contribution in [1.82, 2.24) is 15.5 Å². The molecule has 0 aliphatic carbocycles. The van der Waals surface area contributed by atoms with Crippen LogP contribution in [0.2, 0.25) is 0 Å². The topological polar surface area (TPSA) is 125 Å². The summed E-state index contributed by atoms with van der Waals surface area (Å²) >= 11 is 0. The zero-order valence-electron chi connectivity index (χ0n) is 12.9. The van der Waals surface area contributed by atoms with Crippen molar-refractivity contribution in [1.29, 1.82) is 0 Å². The van der Waals surface area contributed by atoms with Crippen molar-refractivity contribution in [2.75, 3.05) is 20.1 Å². The average molecular weight is 302 g/mol. The van der Waals surface area contributed by atoms with Crippen molar-refractivity contribution in [3.8, 4) is 0 Å². The summed E-state index contributed by atoms with van der Waals surface area (Å²) in [6.45, 7) is 5.44. The minimum absolute atomic E-state index is 0.0197. The molecule has 1 atom stereocenters. The lowest BCUT2D eigenvalue weighted by Gasteiger charge is -2.21. The maximum atomic E-state index is 11.6. The van der Waals surface area contributed by atoms with Crippen LogP contribution < -0.4 is 16.4 Å². The van der Waals surface area contributed by atoms with E-state index in [0.29, 0.717) is 12.6 Å². The summed E-state index contributed by atoms with van der Waals surface area (Å²) in [6.07, 6.45) is 0.658. The summed E-state index contributed by atoms with van der Waals surface area (Å²) in [6, 6.07) is -1.24. The highest BCUT2D eigenvalue weighted by Crippen LogP contribution is 1.97. The number of urea groups is 1. The van der Waals surface area contributed by atoms with Gasteiger partial charge in [0, 0.05) is 19.0 Å². The number of nitrogens with zero attached hydrogens (tertiary/aromatic N) is 1. The van der Waals surface area contributed by atoms with Crippen LogP contribution in [0.4, 0.5) is 4.79 Å². The molecule has 0 saturated carbocycles. The molecule has 21 heavy (non-hydrogen) atoms. The highest BCUT2D eigenvalue weighted by atomic mass is 16.4. The predicted molar refractivity (Wildman–Crippen MR) is 78.8 cm³/mol. The van der Waals surface area contributed by atoms with Crippen LogP contribution >= 0.6 is 0 Å². The molecule has 0 aromatic carbocycles. The van der Waals surface area contributed by atoms with Crippen LogP contribution in [0.15, 0.2) is 0 Å². The molecule has 0 fully saturated rings. The van der Waals surface area contributed by atoms with E-state index in [2.05, 4.69) is 29.4 Å². The third-order valence-corrected chi connectivity index (χ3v) is 3.14. The zero-order chi connectivity index (χ0) is 16.4. The van der Waals surface area contributed by atoms with Gasteiger partial charge < -0.3 is 26.4 Å². The number of aliphatic carboxylic acids is 1. The van der Waals surface area contributed by atoms with Gasteiger partial charge in [0.15, 0.2) is 0 Å². The second-order valence-electron chi connectivity index (χ2n) is 5.22. The number of nitrogens with one attached hydrogen (secondary N) is 2. The van der Waals surface area contributed by atoms with Gasteiger partial charge >= 0.3 is 12.0 Å². The second-order valence-corrected chi connectivity index (χ2v) is 5.22. The molecular formula is C13H26N4O4. The van der Waals surface area contributed by atoms with Crippen molar-refractivity contribution in [3.63, 3.8) is 0 Å². The fourth-order valence-electron chi connectivity index (χ4n) is 1.54. The summed E-state index contributed by atoms with van der Waals surface area (Å²) in [5.41, 5.74) is 4.96. The molecule has 0 saturated heterocycles. The average Bonchev–Trinajstić information content (AvgIpc) is 2.38. The Labute approximate surface area is 125 Å². The molecule has 0 unspecified atom stereocenters. The van der Waals surface area contributed by atoms with E-state index in [1.54, 1.807) is 0 Å². The van der Waals surface area contributed by atoms with Crippen LogP contribution in [0.3, 0.4) is 0 Å². The van der Waals surface area contributed by atoms with Gasteiger partial charge in [-0.3, -0.25) is 4.79 Å². The first-order valence-corrected chi connectivity index (χ1v) is 6.99. The van der Waals surface area contributed by atoms with Crippen LogP contribution in [-0.2, 0) is 9.59 Å². The van der Waals surface area contributed by atoms with Crippen LogP contribution in [0, 0.1) is 0 Å². The van der Waals surface area contributed by atoms with E-state index in [1.807, 2.05) is 7.05 Å². The quantitative estimate of drug-likeness (QED) is 0.414. The fraction of sp³-hybridized carbons (Fsp3) is 0.769. The van der Waals surface area contributed by atoms with E-state index in [-0.39, 0.29) is 12.8 Å². The van der Waals surface area contributed by atoms with Crippen LogP contribution in [0.5, 0.6) is 0 Å². The third kappa shape index (κ3) is 9.67. The normalized spacial score (nSPS) is 12.2. The lowest BCUT2D eigenvalue weighted by atomic mass is 10.1. The molecule has 0 spiro atoms. The maximum Gasteiger partial charge on any atom is 0.326 e. The molecule has 0 aliphatic heterocycles. The molecule has 8 heteroatoms. The van der Waals surface area contributed by atoms with E-state index in [9.17, 15) is 14.4 Å². The van der Waals surface area contributed by atoms with E-state index >= 15 is 0 Å². The van der Waals surface area contributed by atoms with Gasteiger partial charge in [0.05, 0.1) is 0 Å². The number of rotatable bonds is 10. The van der Waals surface area contributed by atoms with E-state index in [4.69, 9.17) is 10.8 Å². The largest absolute Gasteiger partial charge is 0.480 e. The van der Waals surface area contributed by atoms with Gasteiger partial charge in [-0.2, -0.15) is 0 Å². The number of carboxylic acid groups (broad SMARTS) is 1. The lowest BCUT2D eigenvalue weighted by Crippen LogP contribution is -2.46. The lowest BCUT2D eigenvalue weighted by molar-refractivity contribution is -0.139. The fourth-order valence-corrected chi connectivity index (χ4v) is 1.54. The van der Waals surface area contributed by atoms with Crippen molar-refractivity contribution in [3.05, 3.63) is 0 Å². The van der Waals surface area contributed by atoms with E-state index in [0.717, 1.165) is 13.0 Å². The minimum atomic E-state index is -1.19. The Kier molecular flexibility index (Phi) is 9.11. The number of hydrogen-bond donors (Lipinski definition) is 4. The highest BCUT2D eigenvalue weighted by molar-refractivity contribution is 5.83. The van der Waals surface area contributed by atoms with Crippen molar-refractivity contribution >= 4 is 17.9 Å². The Bertz CT molecular complexity index is 360. The summed E-state index contributed by atoms with van der Waals surface area (Å²) in [5, 5.41) is 13.8. The zero-order valence-corrected chi connectivity index (χ0v) is 12.9. The molecule has 0 heterocycles. The Morgan fingerprint density at radius 1 is 1.29 bits per heavy atom. The van der Waals surface area contributed by atoms with Gasteiger partial charge in [0.25, 0.3) is 0 Å². The first-order chi connectivity index (χ1) is 9.73. The molecular weight excluding hydrogens is 276 g/mol. The van der Waals surface area contributed by atoms with Crippen molar-refractivity contribution < 1.29 is 19.5 Å². The molecule has 0 bridgehead atoms. The van der Waals surface area contributed by atoms with E-state index in [1.165, 1.54) is 0 Å². The SMILES string of the molecule is CC(C)N(C)CCCNC(=O)N[C@H](CCC(N)=O)C(=O)O. The molecule has 0 rings (SSSR count). The predicted octanol–water partition coefficient (Wildman–Crippen LogP) is -0.265. The first kappa shape index (κ1) is 19.2. The molecule has 0 aromatic heterocycles. The molecule has 5 N–H and O–H groups in total. The monoisotopic (exact) mass is 302 g/mol. The van der Waals surface area contributed by atoms with Gasteiger partial charge in [0.2, 0.25) is 5.91 Å². The molecule has 0 aliphatic rings. The summed E-state index contributed by atoms with van der Waals surface area (Å²) in [4.78, 5) is 35.3. The molecule has 8 nitrogen and oxygen atoms in total. The number of nitrogens with two attached hydrogens (primary N) is 1. The summed E-state index contributed by atoms with van der Waals surface area (Å²) < 4.78 is 0. The summed E-state index contributed by atoms with van der Waals surface area (Å²) in [7, 11) is 2.00. The third-order valence-electron chi connectivity index (χ3n) is 3.14. The molecule has 122 valence electrons. The van der Waals surface area contributed by atoms with E-state index < -0.39 is 23.9 Å². The molecule has 0 aromatic rings. The number of carbonyl (C=O) groups excluding carboxylic acids is 2. The Hall–Kier alpha value is -1.83. The van der Waals surface area contributed by atoms with Crippen molar-refractivity contribution in [2.45, 2.75) is 45.2 Å². The number of carbonyl (C=O) groups is 3. The standard InChI is InChI=1S/C13H26N4O4/c1-9(2)17(3)8-4-7-15-13(21)16-10(12(19)20)5-6-11(14)18/h9-10H,4-8H2,1-3H3,(H2,14,18)(H,19,20)(H2,15,16,21)/t10-/m1/s1. The van der Waals surface area contributed by atoms with Crippen LogP contribution in [0.25, 0.3) is 0 Å². The first-order valence-electron chi connectivity index (χ1n) is 6.99. The number of amides is 3. The summed E-state index contributed by atoms with van der Waals surface area (Å²) in [5.74, 6) is -1.79. The second kappa shape index (κ2) is 9.98. The van der Waals surface area contributed by atoms with Gasteiger partial charge in [0.1, 0.15) is 6.04 Å². The minimum Gasteiger partial charge on any atom is -0.480 e. The number of hydrogen-bond acceptors (Lipinski definition) is 4. The van der Waals surface area contributed by atoms with Gasteiger partial charge in [-0.05, 0) is 40.3 Å². The number of carboxylic acids is 1. The number of primary amides is 1. The Balaban J connectivity index is 3.98. The van der Waals surface area contributed by atoms with Crippen LogP contribution in [-0.4, -0.2) is 60.1 Å². The Morgan fingerprint density at radius 2 is 1.90 bits per heavy atom. The smallest absolute Gasteiger partial charge is 0.326 e. The van der Waals surface area contributed by atoms with Crippen LogP contribution in [0.1, 0.15) is 33.1 Å². The van der Waals surface area contributed by atoms with Crippen molar-refractivity contribution in [2.24, 2.45) is 5.73 Å². The van der Waals surface area contributed by atoms with Gasteiger partial charge in [-0.1, -0.05) is 0 Å².